The van der Waals surface area contributed by atoms with Gasteiger partial charge in [0.15, 0.2) is 0 Å². The Kier molecular flexibility index (Phi) is 7.27. The fourth-order valence-corrected chi connectivity index (χ4v) is 2.73. The van der Waals surface area contributed by atoms with Gasteiger partial charge < -0.3 is 20.0 Å². The Hall–Kier alpha value is -3.80. The Bertz CT molecular complexity index is 961. The van der Waals surface area contributed by atoms with Crippen molar-refractivity contribution in [3.63, 3.8) is 0 Å². The maximum Gasteiger partial charge on any atom is 0.428 e. The van der Waals surface area contributed by atoms with Crippen molar-refractivity contribution < 1.29 is 33.9 Å². The molecule has 12 heteroatoms. The number of nitrogens with one attached hydrogen (secondary N) is 1. The van der Waals surface area contributed by atoms with Gasteiger partial charge in [-0.25, -0.2) is 19.2 Å². The second-order valence-electron chi connectivity index (χ2n) is 6.59. The van der Waals surface area contributed by atoms with Crippen molar-refractivity contribution in [2.75, 3.05) is 24.6 Å². The summed E-state index contributed by atoms with van der Waals surface area (Å²) in [5.41, 5.74) is 3.42. The van der Waals surface area contributed by atoms with Crippen LogP contribution in [0.3, 0.4) is 0 Å². The van der Waals surface area contributed by atoms with Gasteiger partial charge >= 0.3 is 12.1 Å². The Morgan fingerprint density at radius 1 is 1.23 bits per heavy atom. The lowest BCUT2D eigenvalue weighted by Gasteiger charge is -2.31. The van der Waals surface area contributed by atoms with Gasteiger partial charge in [-0.05, 0) is 6.42 Å². The summed E-state index contributed by atoms with van der Waals surface area (Å²) in [7, 11) is 0. The minimum absolute atomic E-state index is 0.0346. The molecule has 0 spiro atoms. The lowest BCUT2D eigenvalue weighted by molar-refractivity contribution is -0.137. The average molecular weight is 433 g/mol. The van der Waals surface area contributed by atoms with E-state index in [9.17, 15) is 14.0 Å². The van der Waals surface area contributed by atoms with Crippen molar-refractivity contribution in [3.05, 3.63) is 42.0 Å². The molecule has 11 nitrogen and oxygen atoms in total. The third-order valence-electron chi connectivity index (χ3n) is 4.26. The molecule has 3 rings (SSSR count). The largest absolute Gasteiger partial charge is 0.481 e. The number of aliphatic carboxylic acids is 1. The van der Waals surface area contributed by atoms with Crippen LogP contribution in [0.2, 0.25) is 0 Å². The molecule has 2 heterocycles. The summed E-state index contributed by atoms with van der Waals surface area (Å²) in [4.78, 5) is 41.0. The van der Waals surface area contributed by atoms with E-state index >= 15 is 0 Å². The summed E-state index contributed by atoms with van der Waals surface area (Å²) in [6, 6.07) is 4.68. The van der Waals surface area contributed by atoms with E-state index in [1.807, 2.05) is 4.90 Å². The summed E-state index contributed by atoms with van der Waals surface area (Å²) in [5, 5.41) is 21.0. The van der Waals surface area contributed by atoms with Crippen LogP contribution in [0.15, 0.2) is 35.7 Å². The van der Waals surface area contributed by atoms with Gasteiger partial charge in [0.25, 0.3) is 0 Å². The van der Waals surface area contributed by atoms with E-state index in [0.717, 1.165) is 5.71 Å². The lowest BCUT2D eigenvalue weighted by atomic mass is 10.1. The molecule has 0 saturated carbocycles. The van der Waals surface area contributed by atoms with Crippen molar-refractivity contribution in [1.29, 1.82) is 0 Å². The fraction of sp³-hybridized carbons (Fsp3) is 0.316. The predicted octanol–water partition coefficient (Wildman–Crippen LogP) is 2.04. The van der Waals surface area contributed by atoms with Crippen LogP contribution in [0.4, 0.5) is 15.1 Å². The van der Waals surface area contributed by atoms with Gasteiger partial charge in [0.2, 0.25) is 5.95 Å². The highest BCUT2D eigenvalue weighted by molar-refractivity contribution is 5.98. The number of nitrogens with zero attached hydrogens (tertiary/aromatic N) is 4. The average Bonchev–Trinajstić information content (AvgIpc) is 2.70. The Balaban J connectivity index is 1.54. The highest BCUT2D eigenvalue weighted by atomic mass is 19.1. The quantitative estimate of drug-likeness (QED) is 0.378. The van der Waals surface area contributed by atoms with E-state index in [-0.39, 0.29) is 30.8 Å². The van der Waals surface area contributed by atoms with Crippen LogP contribution in [0.5, 0.6) is 0 Å². The molecule has 0 aliphatic carbocycles. The van der Waals surface area contributed by atoms with Gasteiger partial charge in [-0.1, -0.05) is 23.4 Å². The number of carbonyl (C=O) groups is 2. The van der Waals surface area contributed by atoms with Gasteiger partial charge in [-0.15, -0.1) is 0 Å². The molecule has 1 aromatic carbocycles. The number of carboxylic acid groups (broad SMARTS) is 2. The minimum atomic E-state index is -1.37. The van der Waals surface area contributed by atoms with Gasteiger partial charge in [0, 0.05) is 35.5 Å². The molecule has 1 aromatic heterocycles. The van der Waals surface area contributed by atoms with Crippen molar-refractivity contribution in [2.24, 2.45) is 5.16 Å². The zero-order chi connectivity index (χ0) is 22.2. The molecule has 164 valence electrons. The van der Waals surface area contributed by atoms with Crippen LogP contribution in [0.1, 0.15) is 18.4 Å². The van der Waals surface area contributed by atoms with E-state index in [1.165, 1.54) is 18.5 Å². The highest BCUT2D eigenvalue weighted by Crippen LogP contribution is 2.25. The third-order valence-corrected chi connectivity index (χ3v) is 4.26. The maximum atomic E-state index is 14.7. The van der Waals surface area contributed by atoms with Crippen molar-refractivity contribution in [1.82, 2.24) is 15.4 Å². The lowest BCUT2D eigenvalue weighted by Crippen LogP contribution is -2.48. The number of hydroxylamine groups is 1. The third kappa shape index (κ3) is 6.09. The minimum Gasteiger partial charge on any atom is -0.481 e. The van der Waals surface area contributed by atoms with Crippen molar-refractivity contribution >= 4 is 23.7 Å². The van der Waals surface area contributed by atoms with Gasteiger partial charge in [0.1, 0.15) is 19.0 Å². The van der Waals surface area contributed by atoms with Gasteiger partial charge in [0.05, 0.1) is 18.8 Å². The van der Waals surface area contributed by atoms with E-state index in [4.69, 9.17) is 19.9 Å². The highest BCUT2D eigenvalue weighted by Gasteiger charge is 2.25. The van der Waals surface area contributed by atoms with Gasteiger partial charge in [-0.3, -0.25) is 9.63 Å². The van der Waals surface area contributed by atoms with Crippen LogP contribution >= 0.6 is 0 Å². The summed E-state index contributed by atoms with van der Waals surface area (Å²) < 4.78 is 14.7. The summed E-state index contributed by atoms with van der Waals surface area (Å²) in [6.07, 6.45) is 2.05. The molecule has 0 unspecified atom stereocenters. The number of oxime groups is 1. The van der Waals surface area contributed by atoms with E-state index < -0.39 is 17.9 Å². The number of anilines is 1. The number of halogens is 1. The van der Waals surface area contributed by atoms with Crippen molar-refractivity contribution in [3.8, 4) is 11.1 Å². The normalized spacial score (nSPS) is 12.8. The van der Waals surface area contributed by atoms with Crippen LogP contribution in [0, 0.1) is 5.82 Å². The first-order chi connectivity index (χ1) is 14.9. The molecule has 31 heavy (non-hydrogen) atoms. The Morgan fingerprint density at radius 2 is 1.97 bits per heavy atom. The number of rotatable bonds is 10. The molecule has 2 aromatic rings. The standard InChI is InChI=1S/C19H20FN5O6/c20-17-12(11-31-24-19(28)29)3-1-4-15(17)13-7-21-18(22-8-13)25-9-14(10-25)23-30-6-2-5-16(26)27/h1,3-4,7-8,24H,2,5-6,9-11H2,(H,26,27)(H,28,29). The van der Waals surface area contributed by atoms with Crippen molar-refractivity contribution in [2.45, 2.75) is 19.4 Å². The zero-order valence-corrected chi connectivity index (χ0v) is 16.3. The Morgan fingerprint density at radius 3 is 2.65 bits per heavy atom. The molecule has 3 N–H and O–H groups in total. The van der Waals surface area contributed by atoms with Crippen LogP contribution in [-0.4, -0.2) is 57.7 Å². The molecule has 0 bridgehead atoms. The molecule has 0 atom stereocenters. The number of carboxylic acids is 1. The number of amides is 1. The zero-order valence-electron chi connectivity index (χ0n) is 16.3. The Labute approximate surface area is 176 Å². The topological polar surface area (TPSA) is 146 Å². The molecular formula is C19H20FN5O6. The second-order valence-corrected chi connectivity index (χ2v) is 6.59. The fourth-order valence-electron chi connectivity index (χ4n) is 2.73. The summed E-state index contributed by atoms with van der Waals surface area (Å²) >= 11 is 0. The smallest absolute Gasteiger partial charge is 0.428 e. The summed E-state index contributed by atoms with van der Waals surface area (Å²) in [5.74, 6) is -0.967. The number of hydrogen-bond donors (Lipinski definition) is 3. The molecular weight excluding hydrogens is 413 g/mol. The predicted molar refractivity (Wildman–Crippen MR) is 106 cm³/mol. The van der Waals surface area contributed by atoms with E-state index in [0.29, 0.717) is 31.0 Å². The monoisotopic (exact) mass is 433 g/mol. The molecule has 1 amide bonds. The molecule has 1 fully saturated rings. The van der Waals surface area contributed by atoms with E-state index in [1.54, 1.807) is 17.6 Å². The first-order valence-electron chi connectivity index (χ1n) is 9.29. The van der Waals surface area contributed by atoms with Crippen LogP contribution in [-0.2, 0) is 21.1 Å². The number of benzene rings is 1. The first-order valence-corrected chi connectivity index (χ1v) is 9.29. The number of aromatic nitrogens is 2. The van der Waals surface area contributed by atoms with Crippen LogP contribution in [0.25, 0.3) is 11.1 Å². The van der Waals surface area contributed by atoms with E-state index in [2.05, 4.69) is 15.1 Å². The van der Waals surface area contributed by atoms with Crippen LogP contribution < -0.4 is 10.4 Å². The number of hydrogen-bond acceptors (Lipinski definition) is 8. The first kappa shape index (κ1) is 21.9. The molecule has 1 aliphatic rings. The second kappa shape index (κ2) is 10.3. The molecule has 1 saturated heterocycles. The molecule has 1 aliphatic heterocycles. The molecule has 0 radical (unpaired) electrons. The summed E-state index contributed by atoms with van der Waals surface area (Å²) in [6.45, 7) is 0.939. The SMILES string of the molecule is O=C(O)CCCON=C1CN(c2ncc(-c3cccc(CONC(=O)O)c3F)cn2)C1. The maximum absolute atomic E-state index is 14.7. The van der Waals surface area contributed by atoms with Gasteiger partial charge in [-0.2, -0.15) is 5.48 Å².